The maximum Gasteiger partial charge on any atom is 0.306 e. The van der Waals surface area contributed by atoms with Crippen LogP contribution >= 0.6 is 0 Å². The van der Waals surface area contributed by atoms with E-state index in [2.05, 4.69) is 74.7 Å². The van der Waals surface area contributed by atoms with Crippen molar-refractivity contribution in [3.8, 4) is 0 Å². The average molecular weight is 884 g/mol. The summed E-state index contributed by atoms with van der Waals surface area (Å²) in [5, 5.41) is 23.8. The first kappa shape index (κ1) is 60.8. The number of nitrogens with one attached hydrogen (secondary N) is 1. The van der Waals surface area contributed by atoms with Gasteiger partial charge in [0.2, 0.25) is 5.91 Å². The molecule has 368 valence electrons. The molecule has 0 aliphatic carbocycles. The van der Waals surface area contributed by atoms with Crippen LogP contribution in [0, 0.1) is 0 Å². The molecule has 6 nitrogen and oxygen atoms in total. The van der Waals surface area contributed by atoms with E-state index in [-0.39, 0.29) is 24.9 Å². The van der Waals surface area contributed by atoms with E-state index < -0.39 is 18.2 Å². The van der Waals surface area contributed by atoms with Crippen LogP contribution in [-0.2, 0) is 14.3 Å². The van der Waals surface area contributed by atoms with Crippen molar-refractivity contribution in [2.75, 3.05) is 6.61 Å². The van der Waals surface area contributed by atoms with Crippen molar-refractivity contribution in [3.05, 3.63) is 48.6 Å². The second-order valence-electron chi connectivity index (χ2n) is 18.6. The van der Waals surface area contributed by atoms with Gasteiger partial charge in [0.1, 0.15) is 6.10 Å². The van der Waals surface area contributed by atoms with Gasteiger partial charge >= 0.3 is 5.97 Å². The van der Waals surface area contributed by atoms with Gasteiger partial charge in [0.25, 0.3) is 0 Å². The lowest BCUT2D eigenvalue weighted by atomic mass is 10.0. The van der Waals surface area contributed by atoms with Crippen molar-refractivity contribution in [2.24, 2.45) is 0 Å². The van der Waals surface area contributed by atoms with Gasteiger partial charge in [0, 0.05) is 6.42 Å². The zero-order valence-electron chi connectivity index (χ0n) is 42.0. The van der Waals surface area contributed by atoms with E-state index in [1.54, 1.807) is 0 Å². The number of hydrogen-bond acceptors (Lipinski definition) is 5. The summed E-state index contributed by atoms with van der Waals surface area (Å²) in [6.07, 6.45) is 61.7. The van der Waals surface area contributed by atoms with Crippen molar-refractivity contribution >= 4 is 11.9 Å². The fourth-order valence-electron chi connectivity index (χ4n) is 8.20. The van der Waals surface area contributed by atoms with Crippen LogP contribution in [0.15, 0.2) is 48.6 Å². The highest BCUT2D eigenvalue weighted by Crippen LogP contribution is 2.17. The minimum absolute atomic E-state index is 0.0588. The van der Waals surface area contributed by atoms with E-state index in [1.807, 2.05) is 0 Å². The smallest absolute Gasteiger partial charge is 0.306 e. The number of unbranched alkanes of at least 4 members (excludes halogenated alkanes) is 29. The second kappa shape index (κ2) is 50.8. The van der Waals surface area contributed by atoms with E-state index in [9.17, 15) is 19.8 Å². The molecule has 3 atom stereocenters. The number of esters is 1. The summed E-state index contributed by atoms with van der Waals surface area (Å²) in [7, 11) is 0. The Morgan fingerprint density at radius 3 is 1.29 bits per heavy atom. The molecule has 0 saturated heterocycles. The van der Waals surface area contributed by atoms with Gasteiger partial charge in [-0.15, -0.1) is 0 Å². The number of amides is 1. The Labute approximate surface area is 391 Å². The number of aliphatic hydroxyl groups excluding tert-OH is 2. The van der Waals surface area contributed by atoms with E-state index in [1.165, 1.54) is 135 Å². The number of ether oxygens (including phenoxy) is 1. The number of carbonyl (C=O) groups is 2. The highest BCUT2D eigenvalue weighted by molar-refractivity contribution is 5.77. The van der Waals surface area contributed by atoms with E-state index in [0.29, 0.717) is 19.3 Å². The first-order valence-corrected chi connectivity index (χ1v) is 27.4. The highest BCUT2D eigenvalue weighted by Gasteiger charge is 2.24. The van der Waals surface area contributed by atoms with E-state index in [0.717, 1.165) is 96.3 Å². The molecule has 0 bridgehead atoms. The Bertz CT molecular complexity index is 1080. The van der Waals surface area contributed by atoms with Crippen LogP contribution in [0.3, 0.4) is 0 Å². The molecule has 6 heteroatoms. The third-order valence-corrected chi connectivity index (χ3v) is 12.4. The molecule has 0 aliphatic heterocycles. The molecular formula is C57H105NO5. The molecule has 0 aliphatic rings. The van der Waals surface area contributed by atoms with Crippen molar-refractivity contribution in [1.29, 1.82) is 0 Å². The average Bonchev–Trinajstić information content (AvgIpc) is 3.28. The Morgan fingerprint density at radius 2 is 0.810 bits per heavy atom. The Kier molecular flexibility index (Phi) is 49.1. The Morgan fingerprint density at radius 1 is 0.460 bits per heavy atom. The molecule has 1 amide bonds. The zero-order chi connectivity index (χ0) is 45.9. The van der Waals surface area contributed by atoms with Crippen LogP contribution in [0.5, 0.6) is 0 Å². The van der Waals surface area contributed by atoms with Crippen LogP contribution in [0.4, 0.5) is 0 Å². The Hall–Kier alpha value is -2.18. The van der Waals surface area contributed by atoms with Gasteiger partial charge in [-0.1, -0.05) is 223 Å². The Balaban J connectivity index is 4.62. The third-order valence-electron chi connectivity index (χ3n) is 12.4. The molecule has 0 fully saturated rings. The highest BCUT2D eigenvalue weighted by atomic mass is 16.5. The molecule has 0 aromatic carbocycles. The monoisotopic (exact) mass is 884 g/mol. The molecule has 0 saturated carbocycles. The number of carbonyl (C=O) groups excluding carboxylic acids is 2. The maximum atomic E-state index is 13.2. The minimum Gasteiger partial charge on any atom is -0.462 e. The molecule has 3 unspecified atom stereocenters. The second-order valence-corrected chi connectivity index (χ2v) is 18.6. The van der Waals surface area contributed by atoms with Gasteiger partial charge in [-0.25, -0.2) is 0 Å². The normalized spacial score (nSPS) is 13.5. The molecule has 0 spiro atoms. The van der Waals surface area contributed by atoms with Gasteiger partial charge in [-0.3, -0.25) is 9.59 Å². The molecule has 63 heavy (non-hydrogen) atoms. The lowest BCUT2D eigenvalue weighted by Crippen LogP contribution is -2.46. The number of allylic oxidation sites excluding steroid dienone is 8. The van der Waals surface area contributed by atoms with Crippen LogP contribution in [-0.4, -0.2) is 46.9 Å². The largest absolute Gasteiger partial charge is 0.462 e. The standard InChI is InChI=1S/C57H105NO5/c1-4-7-10-13-16-19-22-25-27-28-29-32-35-38-41-44-47-50-57(62)63-53(48-45-42-39-36-33-31-26-23-20-17-14-11-8-5-2)51-56(61)58-54(52-59)55(60)49-46-43-40-37-34-30-24-21-18-15-12-9-6-3/h16,19,25,27,29,31-33,53-55,59-60H,4-15,17-18,20-24,26,28,30,34-52H2,1-3H3,(H,58,61)/b19-16-,27-25-,32-29-,33-31+. The predicted octanol–water partition coefficient (Wildman–Crippen LogP) is 16.6. The summed E-state index contributed by atoms with van der Waals surface area (Å²) >= 11 is 0. The van der Waals surface area contributed by atoms with Crippen molar-refractivity contribution in [2.45, 2.75) is 296 Å². The number of rotatable bonds is 49. The van der Waals surface area contributed by atoms with Crippen LogP contribution < -0.4 is 5.32 Å². The summed E-state index contributed by atoms with van der Waals surface area (Å²) in [6, 6.07) is -0.710. The van der Waals surface area contributed by atoms with Crippen LogP contribution in [0.2, 0.25) is 0 Å². The van der Waals surface area contributed by atoms with Gasteiger partial charge < -0.3 is 20.3 Å². The molecule has 0 aromatic rings. The summed E-state index contributed by atoms with van der Waals surface area (Å²) < 4.78 is 5.93. The third kappa shape index (κ3) is 46.2. The number of hydrogen-bond donors (Lipinski definition) is 3. The SMILES string of the molecule is CCCCC/C=C\C/C=C\C/C=C\CCCCCCC(=O)OC(CCCCC/C=C/CCCCCCCCC)CC(=O)NC(CO)C(O)CCCCCCCCCCCCCCC. The van der Waals surface area contributed by atoms with Crippen molar-refractivity contribution in [1.82, 2.24) is 5.32 Å². The lowest BCUT2D eigenvalue weighted by molar-refractivity contribution is -0.151. The fraction of sp³-hybridized carbons (Fsp3) is 0.825. The molecule has 0 aromatic heterocycles. The van der Waals surface area contributed by atoms with Crippen LogP contribution in [0.25, 0.3) is 0 Å². The maximum absolute atomic E-state index is 13.2. The quantitative estimate of drug-likeness (QED) is 0.0321. The van der Waals surface area contributed by atoms with Crippen molar-refractivity contribution in [3.63, 3.8) is 0 Å². The van der Waals surface area contributed by atoms with Gasteiger partial charge in [0.05, 0.1) is 25.2 Å². The molecule has 0 heterocycles. The van der Waals surface area contributed by atoms with E-state index >= 15 is 0 Å². The first-order chi connectivity index (χ1) is 31.0. The van der Waals surface area contributed by atoms with E-state index in [4.69, 9.17) is 4.74 Å². The molecular weight excluding hydrogens is 779 g/mol. The summed E-state index contributed by atoms with van der Waals surface area (Å²) in [4.78, 5) is 26.2. The molecule has 0 radical (unpaired) electrons. The van der Waals surface area contributed by atoms with Crippen molar-refractivity contribution < 1.29 is 24.5 Å². The number of aliphatic hydroxyl groups is 2. The van der Waals surface area contributed by atoms with Gasteiger partial charge in [-0.2, -0.15) is 0 Å². The fourth-order valence-corrected chi connectivity index (χ4v) is 8.20. The molecule has 3 N–H and O–H groups in total. The van der Waals surface area contributed by atoms with Gasteiger partial charge in [0.15, 0.2) is 0 Å². The summed E-state index contributed by atoms with van der Waals surface area (Å²) in [5.41, 5.74) is 0. The van der Waals surface area contributed by atoms with Crippen LogP contribution in [0.1, 0.15) is 278 Å². The minimum atomic E-state index is -0.795. The zero-order valence-corrected chi connectivity index (χ0v) is 42.0. The summed E-state index contributed by atoms with van der Waals surface area (Å²) in [6.45, 7) is 6.46. The summed E-state index contributed by atoms with van der Waals surface area (Å²) in [5.74, 6) is -0.507. The first-order valence-electron chi connectivity index (χ1n) is 27.4. The molecule has 0 rings (SSSR count). The predicted molar refractivity (Wildman–Crippen MR) is 273 cm³/mol. The topological polar surface area (TPSA) is 95.9 Å². The van der Waals surface area contributed by atoms with Gasteiger partial charge in [-0.05, 0) is 89.9 Å². The lowest BCUT2D eigenvalue weighted by Gasteiger charge is -2.24.